The number of phenolic OH excluding ortho intramolecular Hbond substituents is 2. The quantitative estimate of drug-likeness (QED) is 0.00782. The van der Waals surface area contributed by atoms with E-state index in [1.807, 2.05) is 0 Å². The van der Waals surface area contributed by atoms with Gasteiger partial charge in [0.2, 0.25) is 11.8 Å². The lowest BCUT2D eigenvalue weighted by Gasteiger charge is -2.19. The molecule has 0 saturated carbocycles. The van der Waals surface area contributed by atoms with Crippen LogP contribution in [0.2, 0.25) is 0 Å². The minimum atomic E-state index is -5.76. The predicted molar refractivity (Wildman–Crippen MR) is 480 cm³/mol. The van der Waals surface area contributed by atoms with Crippen LogP contribution >= 0.6 is 46.9 Å². The Morgan fingerprint density at radius 3 is 1.30 bits per heavy atom. The van der Waals surface area contributed by atoms with Crippen LogP contribution in [0.1, 0.15) is 129 Å². The number of hydrogen-bond donors (Lipinski definition) is 20. The Hall–Kier alpha value is -12.7. The van der Waals surface area contributed by atoms with E-state index >= 15 is 0 Å². The molecule has 10 atom stereocenters. The number of carboxylic acids is 2. The number of nitrogens with two attached hydrogens (primary N) is 2. The first kappa shape index (κ1) is 103. The number of aromatic nitrogens is 6. The van der Waals surface area contributed by atoms with Gasteiger partial charge in [-0.25, -0.2) is 56.9 Å². The molecule has 8 aromatic rings. The summed E-state index contributed by atoms with van der Waals surface area (Å²) in [7, 11) is -33.7. The van der Waals surface area contributed by atoms with Crippen LogP contribution in [-0.4, -0.2) is 198 Å². The van der Waals surface area contributed by atoms with Gasteiger partial charge in [0.25, 0.3) is 11.8 Å². The first-order valence-corrected chi connectivity index (χ1v) is 49.9. The highest BCUT2D eigenvalue weighted by Gasteiger charge is 2.46. The van der Waals surface area contributed by atoms with E-state index in [9.17, 15) is 116 Å². The molecule has 22 N–H and O–H groups in total. The van der Waals surface area contributed by atoms with Gasteiger partial charge in [-0.2, -0.15) is 17.2 Å². The molecule has 4 aliphatic heterocycles. The minimum Gasteiger partial charge on any atom is -0.508 e. The van der Waals surface area contributed by atoms with E-state index in [1.165, 1.54) is 131 Å². The van der Waals surface area contributed by atoms with Gasteiger partial charge in [-0.1, -0.05) is 42.6 Å². The monoisotopic (exact) mass is 2030 g/mol. The summed E-state index contributed by atoms with van der Waals surface area (Å²) in [5.74, 6) is 7.54. The van der Waals surface area contributed by atoms with Gasteiger partial charge in [-0.15, -0.1) is 0 Å². The Kier molecular flexibility index (Phi) is 32.1. The number of aromatic hydroxyl groups is 2. The number of phosphoric ester groups is 2. The number of nitrogens with one attached hydrogen (secondary N) is 4. The van der Waals surface area contributed by atoms with E-state index < -0.39 is 121 Å². The number of hydrogen-bond acceptors (Lipinski definition) is 34. The maximum atomic E-state index is 13.3. The standard InChI is InChI=1S/2C41H41N6O19P3/c42-38-36-23(19-47(39(36)46-21-45-38)35-18-30(50)33(64-35)20-62-68(58,59)66-69(60,61)65-67(55,56)57)5-4-14-43-34(51)6-2-1-3-13-44-40(52)22-7-10-26(41(53)54)29(15-22)37-27-11-8-24(48)16-31(27)63-32-17-25(49)9-12-28(32)37;42-38-36-23(19-47(39(36)46-21-45-38)35-18-30(50)33(64-35)20-62-68(58,59)66-69(60,61)65-67(55,56)57)5-4-14-43-34(51)6-2-1-3-13-44-40(52)22-7-10-26(29(15-22)41(53)54)37-27-11-8-24(48)16-31(27)63-32-17-25(49)9-12-28(32)37/h2*7-12,15-17,19,21,30,33,35,48,50H,1-3,6,13-14,18,20H2,(H,43,51)(H,44,52)(H,53,54)(H,58,59)(H,60,61)(H2,42,45,46)(H2,55,56,57). The predicted octanol–water partition coefficient (Wildman–Crippen LogP) is 7.49. The number of nitrogens with zero attached hydrogens (tertiary/aromatic N) is 6. The third-order valence-corrected chi connectivity index (χ3v) is 28.4. The zero-order valence-corrected chi connectivity index (χ0v) is 76.4. The van der Waals surface area contributed by atoms with Crippen LogP contribution in [0.15, 0.2) is 153 Å². The van der Waals surface area contributed by atoms with Gasteiger partial charge in [0.15, 0.2) is 10.9 Å². The Morgan fingerprint density at radius 2 is 0.877 bits per heavy atom. The molecular weight excluding hydrogens is 1950 g/mol. The van der Waals surface area contributed by atoms with Gasteiger partial charge in [0, 0.05) is 120 Å². The first-order valence-electron chi connectivity index (χ1n) is 40.8. The summed E-state index contributed by atoms with van der Waals surface area (Å²) >= 11 is 0. The molecule has 0 spiro atoms. The molecule has 56 heteroatoms. The maximum absolute atomic E-state index is 13.3. The molecule has 2 saturated heterocycles. The Balaban J connectivity index is 0.000000233. The summed E-state index contributed by atoms with van der Waals surface area (Å²) < 4.78 is 120. The van der Waals surface area contributed by atoms with Crippen LogP contribution < -0.4 is 43.6 Å². The number of phosphoric acid groups is 6. The molecule has 2 aliphatic carbocycles. The summed E-state index contributed by atoms with van der Waals surface area (Å²) in [6.45, 7) is -1.42. The Morgan fingerprint density at radius 1 is 0.464 bits per heavy atom. The van der Waals surface area contributed by atoms with E-state index in [2.05, 4.69) is 91.2 Å². The molecular formula is C82H82N12O38P6. The van der Waals surface area contributed by atoms with Crippen LogP contribution in [0.5, 0.6) is 11.5 Å². The topological polar surface area (TPSA) is 784 Å². The van der Waals surface area contributed by atoms with E-state index in [0.29, 0.717) is 93.5 Å². The third-order valence-electron chi connectivity index (χ3n) is 20.8. The molecule has 138 heavy (non-hydrogen) atoms. The largest absolute Gasteiger partial charge is 0.508 e. The summed E-state index contributed by atoms with van der Waals surface area (Å²) in [5.41, 5.74) is 15.3. The number of rotatable bonds is 36. The summed E-state index contributed by atoms with van der Waals surface area (Å²) in [5, 5.41) is 74.3. The molecule has 4 amide bonds. The van der Waals surface area contributed by atoms with Crippen LogP contribution in [0.25, 0.3) is 88.9 Å². The number of aliphatic hydroxyl groups excluding tert-OH is 2. The normalized spacial score (nSPS) is 17.8. The van der Waals surface area contributed by atoms with Crippen LogP contribution in [0.4, 0.5) is 11.6 Å². The fourth-order valence-electron chi connectivity index (χ4n) is 14.8. The Bertz CT molecular complexity index is 7280. The number of carboxylic acid groups (broad SMARTS) is 2. The SMILES string of the molecule is Nc1ncnc2c1c(C#CCNC(=O)CCCCCNC(=O)c1ccc(-c3c4ccc(=O)cc-4oc4cc(O)ccc34)c(C(=O)O)c1)cn2C1CC(O)C(COP(=O)(O)OP(=O)(O)OP(=O)(O)O)O1.Nc1ncnc2c1c(C#CCNC(=O)CCCCCNC(=O)c1ccc(C(=O)O)c(-c3c4ccc(=O)cc-4oc4cc(O)ccc34)c1)cn2C1CC(O)C(COP(=O)(O)OP(=O)(O)OP(=O)(O)O)O1. The van der Waals surface area contributed by atoms with Gasteiger partial charge >= 0.3 is 58.9 Å². The highest BCUT2D eigenvalue weighted by molar-refractivity contribution is 7.67. The molecule has 0 radical (unpaired) electrons. The lowest BCUT2D eigenvalue weighted by molar-refractivity contribution is -0.121. The zero-order valence-electron chi connectivity index (χ0n) is 71.1. The van der Waals surface area contributed by atoms with Gasteiger partial charge in [-0.05, 0) is 116 Å². The van der Waals surface area contributed by atoms with Gasteiger partial charge in [0.1, 0.15) is 94.4 Å². The second-order valence-corrected chi connectivity index (χ2v) is 39.3. The number of nitrogen functional groups attached to an aromatic ring is 2. The summed E-state index contributed by atoms with van der Waals surface area (Å²) in [6.07, 6.45) is 1.19. The molecule has 8 heterocycles. The first-order chi connectivity index (χ1) is 65.2. The molecule has 728 valence electrons. The number of amides is 4. The van der Waals surface area contributed by atoms with Crippen molar-refractivity contribution in [3.8, 4) is 80.1 Å². The molecule has 4 aromatic heterocycles. The summed E-state index contributed by atoms with van der Waals surface area (Å²) in [4.78, 5) is 191. The Labute approximate surface area is 775 Å². The highest BCUT2D eigenvalue weighted by Crippen LogP contribution is 2.68. The fourth-order valence-corrected chi connectivity index (χ4v) is 20.9. The summed E-state index contributed by atoms with van der Waals surface area (Å²) in [6, 6.07) is 25.3. The van der Waals surface area contributed by atoms with Gasteiger partial charge < -0.3 is 130 Å². The molecule has 2 fully saturated rings. The van der Waals surface area contributed by atoms with Gasteiger partial charge in [-0.3, -0.25) is 37.8 Å². The van der Waals surface area contributed by atoms with Crippen molar-refractivity contribution in [2.75, 3.05) is 50.9 Å². The average Bonchev–Trinajstić information content (AvgIpc) is 1.02. The van der Waals surface area contributed by atoms with Gasteiger partial charge in [0.05, 0.1) is 71.5 Å². The zero-order chi connectivity index (χ0) is 99.7. The second-order valence-electron chi connectivity index (χ2n) is 30.5. The van der Waals surface area contributed by atoms with Crippen LogP contribution in [0, 0.1) is 23.7 Å². The number of ether oxygens (including phenoxy) is 2. The van der Waals surface area contributed by atoms with Crippen molar-refractivity contribution in [2.45, 2.75) is 101 Å². The van der Waals surface area contributed by atoms with E-state index in [-0.39, 0.29) is 165 Å². The van der Waals surface area contributed by atoms with Crippen molar-refractivity contribution in [1.29, 1.82) is 0 Å². The van der Waals surface area contributed by atoms with Crippen LogP contribution in [0.3, 0.4) is 0 Å². The molecule has 14 rings (SSSR count). The number of unbranched alkanes of at least 4 members (excludes halogenated alkanes) is 4. The number of phenols is 2. The average molecular weight is 2030 g/mol. The van der Waals surface area contributed by atoms with Crippen molar-refractivity contribution in [3.05, 3.63) is 188 Å². The number of carbonyl (C=O) groups excluding carboxylic acids is 4. The number of fused-ring (bicyclic) bond motifs is 6. The van der Waals surface area contributed by atoms with Crippen molar-refractivity contribution in [3.63, 3.8) is 0 Å². The molecule has 6 aliphatic rings. The molecule has 10 unspecified atom stereocenters. The molecule has 0 bridgehead atoms. The lowest BCUT2D eigenvalue weighted by Crippen LogP contribution is -2.26. The number of aromatic carboxylic acids is 2. The smallest absolute Gasteiger partial charge is 0.490 e. The molecule has 4 aromatic carbocycles. The van der Waals surface area contributed by atoms with E-state index in [4.69, 9.17) is 49.3 Å². The van der Waals surface area contributed by atoms with E-state index in [0.717, 1.165) is 0 Å². The highest BCUT2D eigenvalue weighted by atomic mass is 31.3. The molecule has 50 nitrogen and oxygen atoms in total. The number of carbonyl (C=O) groups is 6. The van der Waals surface area contributed by atoms with Crippen molar-refractivity contribution < 1.29 is 171 Å². The lowest BCUT2D eigenvalue weighted by atomic mass is 9.89. The second kappa shape index (κ2) is 43.1. The number of aliphatic hydroxyl groups is 2. The number of benzene rings is 6. The maximum Gasteiger partial charge on any atom is 0.490 e. The van der Waals surface area contributed by atoms with Crippen LogP contribution in [-0.2, 0) is 72.7 Å². The van der Waals surface area contributed by atoms with Crippen molar-refractivity contribution >= 4 is 138 Å². The third kappa shape index (κ3) is 26.2. The van der Waals surface area contributed by atoms with Crippen molar-refractivity contribution in [1.82, 2.24) is 50.3 Å². The number of anilines is 2. The van der Waals surface area contributed by atoms with Crippen molar-refractivity contribution in [2.24, 2.45) is 0 Å². The minimum absolute atomic E-state index is 0.0427. The fraction of sp³-hybridized carbons (Fsp3) is 0.268. The van der Waals surface area contributed by atoms with E-state index in [1.54, 1.807) is 12.1 Å².